The van der Waals surface area contributed by atoms with Crippen LogP contribution in [0.2, 0.25) is 0 Å². The third-order valence-corrected chi connectivity index (χ3v) is 3.03. The normalized spacial score (nSPS) is 9.65. The van der Waals surface area contributed by atoms with Gasteiger partial charge in [-0.2, -0.15) is 0 Å². The van der Waals surface area contributed by atoms with Gasteiger partial charge in [-0.15, -0.1) is 0 Å². The molecule has 1 rings (SSSR count). The summed E-state index contributed by atoms with van der Waals surface area (Å²) in [6.07, 6.45) is 0. The van der Waals surface area contributed by atoms with Crippen molar-refractivity contribution in [1.29, 1.82) is 0 Å². The Morgan fingerprint density at radius 3 is 2.59 bits per heavy atom. The topological polar surface area (TPSA) is 38.8 Å². The molecule has 0 saturated carbocycles. The highest BCUT2D eigenvalue weighted by molar-refractivity contribution is 14.1. The van der Waals surface area contributed by atoms with Crippen LogP contribution in [0.25, 0.3) is 0 Å². The number of ether oxygens (including phenoxy) is 2. The maximum Gasteiger partial charge on any atom is 0.341 e. The second-order valence-corrected chi connectivity index (χ2v) is 4.99. The fourth-order valence-corrected chi connectivity index (χ4v) is 1.63. The van der Waals surface area contributed by atoms with Crippen LogP contribution >= 0.6 is 34.8 Å². The minimum atomic E-state index is -0.444. The number of thiocarbonyl (C=S) groups is 1. The zero-order chi connectivity index (χ0) is 13.0. The number of methoxy groups -OCH3 is 1. The number of rotatable bonds is 2. The Morgan fingerprint density at radius 2 is 2.06 bits per heavy atom. The van der Waals surface area contributed by atoms with Crippen LogP contribution in [0.5, 0.6) is 5.75 Å². The molecule has 17 heavy (non-hydrogen) atoms. The van der Waals surface area contributed by atoms with Gasteiger partial charge in [0.05, 0.1) is 7.11 Å². The highest BCUT2D eigenvalue weighted by Crippen LogP contribution is 2.22. The van der Waals surface area contributed by atoms with E-state index in [0.717, 1.165) is 3.57 Å². The largest absolute Gasteiger partial charge is 0.465 e. The minimum absolute atomic E-state index is 0.288. The Morgan fingerprint density at radius 1 is 1.41 bits per heavy atom. The van der Waals surface area contributed by atoms with Gasteiger partial charge in [0.25, 0.3) is 5.17 Å². The van der Waals surface area contributed by atoms with Gasteiger partial charge in [0.15, 0.2) is 0 Å². The van der Waals surface area contributed by atoms with Crippen LogP contribution in [-0.2, 0) is 4.74 Å². The molecule has 0 spiro atoms. The predicted octanol–water partition coefficient (Wildman–Crippen LogP) is 2.30. The van der Waals surface area contributed by atoms with Gasteiger partial charge in [-0.1, -0.05) is 0 Å². The van der Waals surface area contributed by atoms with Crippen LogP contribution in [0.4, 0.5) is 0 Å². The van der Waals surface area contributed by atoms with E-state index in [1.807, 2.05) is 6.07 Å². The van der Waals surface area contributed by atoms with Gasteiger partial charge >= 0.3 is 5.97 Å². The Labute approximate surface area is 119 Å². The van der Waals surface area contributed by atoms with E-state index in [1.54, 1.807) is 31.1 Å². The molecule has 0 atom stereocenters. The first-order valence-electron chi connectivity index (χ1n) is 4.72. The van der Waals surface area contributed by atoms with Gasteiger partial charge in [0, 0.05) is 17.7 Å². The Hall–Kier alpha value is -0.890. The summed E-state index contributed by atoms with van der Waals surface area (Å²) in [6.45, 7) is 0. The predicted molar refractivity (Wildman–Crippen MR) is 77.4 cm³/mol. The molecule has 4 nitrogen and oxygen atoms in total. The van der Waals surface area contributed by atoms with Crippen LogP contribution in [-0.4, -0.2) is 37.2 Å². The second kappa shape index (κ2) is 6.15. The summed E-state index contributed by atoms with van der Waals surface area (Å²) in [5.74, 6) is -0.0453. The van der Waals surface area contributed by atoms with Gasteiger partial charge in [0.2, 0.25) is 0 Å². The molecule has 0 N–H and O–H groups in total. The Kier molecular flexibility index (Phi) is 5.13. The second-order valence-electron chi connectivity index (χ2n) is 3.39. The molecule has 92 valence electrons. The van der Waals surface area contributed by atoms with Gasteiger partial charge < -0.3 is 14.4 Å². The fraction of sp³-hybridized carbons (Fsp3) is 0.273. The molecule has 0 radical (unpaired) electrons. The number of nitrogens with zero attached hydrogens (tertiary/aromatic N) is 1. The summed E-state index contributed by atoms with van der Waals surface area (Å²) in [5, 5.41) is 0.288. The average Bonchev–Trinajstić information content (AvgIpc) is 2.30. The number of hydrogen-bond acceptors (Lipinski definition) is 4. The standard InChI is InChI=1S/C11H12INO3S/c1-13(2)11(17)16-9-5-4-7(12)6-8(9)10(14)15-3/h4-6H,1-3H3. The lowest BCUT2D eigenvalue weighted by Gasteiger charge is -2.15. The molecule has 0 unspecified atom stereocenters. The molecule has 0 amide bonds. The zero-order valence-electron chi connectivity index (χ0n) is 9.69. The number of benzene rings is 1. The molecule has 0 aliphatic rings. The van der Waals surface area contributed by atoms with Crippen molar-refractivity contribution in [3.63, 3.8) is 0 Å². The van der Waals surface area contributed by atoms with E-state index in [9.17, 15) is 4.79 Å². The fourth-order valence-electron chi connectivity index (χ4n) is 1.05. The molecule has 0 fully saturated rings. The number of esters is 1. The van der Waals surface area contributed by atoms with Crippen molar-refractivity contribution in [2.45, 2.75) is 0 Å². The summed E-state index contributed by atoms with van der Waals surface area (Å²) in [6, 6.07) is 5.23. The lowest BCUT2D eigenvalue weighted by molar-refractivity contribution is 0.0598. The Bertz CT molecular complexity index is 448. The van der Waals surface area contributed by atoms with Crippen molar-refractivity contribution in [2.24, 2.45) is 0 Å². The first kappa shape index (κ1) is 14.2. The van der Waals surface area contributed by atoms with Gasteiger partial charge in [-0.05, 0) is 53.0 Å². The quantitative estimate of drug-likeness (QED) is 0.457. The lowest BCUT2D eigenvalue weighted by Crippen LogP contribution is -2.25. The van der Waals surface area contributed by atoms with Crippen LogP contribution in [0.3, 0.4) is 0 Å². The number of halogens is 1. The van der Waals surface area contributed by atoms with E-state index in [-0.39, 0.29) is 5.17 Å². The molecule has 0 aliphatic heterocycles. The summed E-state index contributed by atoms with van der Waals surface area (Å²) in [5.41, 5.74) is 0.364. The molecular weight excluding hydrogens is 353 g/mol. The summed E-state index contributed by atoms with van der Waals surface area (Å²) < 4.78 is 11.1. The van der Waals surface area contributed by atoms with Crippen LogP contribution in [0, 0.1) is 3.57 Å². The SMILES string of the molecule is COC(=O)c1cc(I)ccc1OC(=S)N(C)C. The van der Waals surface area contributed by atoms with Crippen LogP contribution in [0.15, 0.2) is 18.2 Å². The number of hydrogen-bond donors (Lipinski definition) is 0. The molecule has 0 heterocycles. The summed E-state index contributed by atoms with van der Waals surface area (Å²) in [7, 11) is 4.87. The molecular formula is C11H12INO3S. The first-order chi connectivity index (χ1) is 7.95. The maximum atomic E-state index is 11.6. The molecule has 6 heteroatoms. The molecule has 0 aromatic heterocycles. The lowest BCUT2D eigenvalue weighted by atomic mass is 10.2. The van der Waals surface area contributed by atoms with E-state index in [0.29, 0.717) is 11.3 Å². The van der Waals surface area contributed by atoms with Crippen molar-refractivity contribution in [2.75, 3.05) is 21.2 Å². The van der Waals surface area contributed by atoms with Gasteiger partial charge in [0.1, 0.15) is 11.3 Å². The summed E-state index contributed by atoms with van der Waals surface area (Å²) >= 11 is 7.14. The van der Waals surface area contributed by atoms with Crippen molar-refractivity contribution < 1.29 is 14.3 Å². The summed E-state index contributed by atoms with van der Waals surface area (Å²) in [4.78, 5) is 13.2. The van der Waals surface area contributed by atoms with Crippen LogP contribution < -0.4 is 4.74 Å². The van der Waals surface area contributed by atoms with E-state index in [1.165, 1.54) is 7.11 Å². The third kappa shape index (κ3) is 3.81. The van der Waals surface area contributed by atoms with E-state index < -0.39 is 5.97 Å². The maximum absolute atomic E-state index is 11.6. The van der Waals surface area contributed by atoms with E-state index in [4.69, 9.17) is 21.7 Å². The monoisotopic (exact) mass is 365 g/mol. The third-order valence-electron chi connectivity index (χ3n) is 1.91. The molecule has 1 aromatic carbocycles. The van der Waals surface area contributed by atoms with Gasteiger partial charge in [-0.25, -0.2) is 4.79 Å². The number of carbonyl (C=O) groups excluding carboxylic acids is 1. The molecule has 0 bridgehead atoms. The first-order valence-corrected chi connectivity index (χ1v) is 6.21. The van der Waals surface area contributed by atoms with Crippen LogP contribution in [0.1, 0.15) is 10.4 Å². The molecule has 0 aliphatic carbocycles. The van der Waals surface area contributed by atoms with Crippen molar-refractivity contribution in [1.82, 2.24) is 4.90 Å². The number of carbonyl (C=O) groups is 1. The Balaban J connectivity index is 3.06. The van der Waals surface area contributed by atoms with Crippen molar-refractivity contribution in [3.05, 3.63) is 27.3 Å². The molecule has 0 saturated heterocycles. The average molecular weight is 365 g/mol. The van der Waals surface area contributed by atoms with Gasteiger partial charge in [-0.3, -0.25) is 0 Å². The van der Waals surface area contributed by atoms with E-state index >= 15 is 0 Å². The highest BCUT2D eigenvalue weighted by Gasteiger charge is 2.15. The zero-order valence-corrected chi connectivity index (χ0v) is 12.7. The molecule has 1 aromatic rings. The smallest absolute Gasteiger partial charge is 0.341 e. The van der Waals surface area contributed by atoms with Crippen molar-refractivity contribution >= 4 is 46.0 Å². The minimum Gasteiger partial charge on any atom is -0.465 e. The van der Waals surface area contributed by atoms with Crippen molar-refractivity contribution in [3.8, 4) is 5.75 Å². The van der Waals surface area contributed by atoms with E-state index in [2.05, 4.69) is 22.6 Å². The highest BCUT2D eigenvalue weighted by atomic mass is 127.